The van der Waals surface area contributed by atoms with Gasteiger partial charge >= 0.3 is 5.97 Å². The fraction of sp³-hybridized carbons (Fsp3) is 0.348. The fourth-order valence-corrected chi connectivity index (χ4v) is 4.97. The summed E-state index contributed by atoms with van der Waals surface area (Å²) in [6, 6.07) is 16.8. The van der Waals surface area contributed by atoms with Crippen LogP contribution in [0.1, 0.15) is 25.0 Å². The lowest BCUT2D eigenvalue weighted by Gasteiger charge is -2.12. The van der Waals surface area contributed by atoms with Crippen LogP contribution in [0.4, 0.5) is 0 Å². The number of carbonyl (C=O) groups excluding carboxylic acids is 1. The monoisotopic (exact) mass is 488 g/mol. The molecule has 2 aromatic rings. The summed E-state index contributed by atoms with van der Waals surface area (Å²) in [6.07, 6.45) is 3.59. The first kappa shape index (κ1) is 18.9. The number of carbonyl (C=O) groups is 1. The van der Waals surface area contributed by atoms with Gasteiger partial charge in [-0.25, -0.2) is 0 Å². The molecule has 1 unspecified atom stereocenters. The van der Waals surface area contributed by atoms with Crippen molar-refractivity contribution in [1.29, 1.82) is 0 Å². The molecule has 0 heterocycles. The van der Waals surface area contributed by atoms with Crippen molar-refractivity contribution < 1.29 is 9.53 Å². The number of allylic oxidation sites excluding steroid dienone is 1. The van der Waals surface area contributed by atoms with E-state index < -0.39 is 0 Å². The molecular formula is C23H22Br2O2. The Morgan fingerprint density at radius 3 is 2.52 bits per heavy atom. The molecule has 2 aromatic carbocycles. The Balaban J connectivity index is 1.49. The van der Waals surface area contributed by atoms with Crippen molar-refractivity contribution in [3.63, 3.8) is 0 Å². The maximum absolute atomic E-state index is 12.8. The molecule has 0 saturated heterocycles. The maximum Gasteiger partial charge on any atom is 0.310 e. The molecule has 4 heteroatoms. The highest BCUT2D eigenvalue weighted by Gasteiger charge is 2.61. The average Bonchev–Trinajstić information content (AvgIpc) is 2.97. The lowest BCUT2D eigenvalue weighted by Crippen LogP contribution is -2.21. The van der Waals surface area contributed by atoms with Crippen molar-refractivity contribution in [1.82, 2.24) is 0 Å². The van der Waals surface area contributed by atoms with Crippen LogP contribution in [0.2, 0.25) is 0 Å². The number of ether oxygens (including phenoxy) is 1. The van der Waals surface area contributed by atoms with Crippen molar-refractivity contribution in [2.24, 2.45) is 17.3 Å². The van der Waals surface area contributed by atoms with E-state index in [1.54, 1.807) is 0 Å². The largest absolute Gasteiger partial charge is 0.461 e. The standard InChI is InChI=1S/C23H22Br2O2/c1-23(2)19(13-20(24)25)21(23)22(26)27-16-11-15-9-6-10-17(18(15)12-16)14-7-4-3-5-8-14/h3-10,13,16,19,21H,11-12H2,1-2H3/t16?,19-,21-/m1/s1. The number of esters is 1. The quantitative estimate of drug-likeness (QED) is 0.473. The molecule has 0 aromatic heterocycles. The minimum atomic E-state index is -0.0695. The van der Waals surface area contributed by atoms with Crippen LogP contribution in [0.25, 0.3) is 11.1 Å². The van der Waals surface area contributed by atoms with E-state index in [2.05, 4.69) is 94.2 Å². The minimum Gasteiger partial charge on any atom is -0.461 e. The zero-order chi connectivity index (χ0) is 19.2. The summed E-state index contributed by atoms with van der Waals surface area (Å²) in [4.78, 5) is 12.8. The molecule has 4 rings (SSSR count). The second-order valence-electron chi connectivity index (χ2n) is 8.06. The second-order valence-corrected chi connectivity index (χ2v) is 10.8. The van der Waals surface area contributed by atoms with Gasteiger partial charge in [-0.15, -0.1) is 0 Å². The van der Waals surface area contributed by atoms with Gasteiger partial charge in [-0.3, -0.25) is 4.79 Å². The minimum absolute atomic E-state index is 0.0511. The first-order valence-electron chi connectivity index (χ1n) is 9.27. The number of halogens is 2. The summed E-state index contributed by atoms with van der Waals surface area (Å²) >= 11 is 6.81. The Bertz CT molecular complexity index is 898. The van der Waals surface area contributed by atoms with E-state index in [4.69, 9.17) is 4.74 Å². The molecule has 27 heavy (non-hydrogen) atoms. The average molecular weight is 490 g/mol. The third-order valence-corrected chi connectivity index (χ3v) is 6.52. The molecular weight excluding hydrogens is 468 g/mol. The Kier molecular flexibility index (Phi) is 5.06. The Morgan fingerprint density at radius 2 is 1.81 bits per heavy atom. The lowest BCUT2D eigenvalue weighted by molar-refractivity contribution is -0.151. The molecule has 0 aliphatic heterocycles. The summed E-state index contributed by atoms with van der Waals surface area (Å²) in [5.74, 6) is 0.0730. The van der Waals surface area contributed by atoms with Gasteiger partial charge in [-0.05, 0) is 65.4 Å². The molecule has 0 bridgehead atoms. The zero-order valence-electron chi connectivity index (χ0n) is 15.4. The fourth-order valence-electron chi connectivity index (χ4n) is 4.40. The van der Waals surface area contributed by atoms with Gasteiger partial charge in [0.2, 0.25) is 0 Å². The third kappa shape index (κ3) is 3.66. The number of benzene rings is 2. The van der Waals surface area contributed by atoms with Crippen LogP contribution >= 0.6 is 31.9 Å². The van der Waals surface area contributed by atoms with E-state index >= 15 is 0 Å². The van der Waals surface area contributed by atoms with E-state index in [9.17, 15) is 4.79 Å². The molecule has 3 atom stereocenters. The Labute approximate surface area is 177 Å². The molecule has 0 amide bonds. The van der Waals surface area contributed by atoms with Gasteiger partial charge in [0.25, 0.3) is 0 Å². The van der Waals surface area contributed by atoms with Gasteiger partial charge in [0.15, 0.2) is 0 Å². The summed E-state index contributed by atoms with van der Waals surface area (Å²) in [7, 11) is 0. The van der Waals surface area contributed by atoms with Crippen molar-refractivity contribution in [2.45, 2.75) is 32.8 Å². The van der Waals surface area contributed by atoms with Crippen LogP contribution in [0.15, 0.2) is 58.0 Å². The Morgan fingerprint density at radius 1 is 1.07 bits per heavy atom. The van der Waals surface area contributed by atoms with Gasteiger partial charge in [0.1, 0.15) is 6.10 Å². The summed E-state index contributed by atoms with van der Waals surface area (Å²) in [5, 5.41) is 0. The first-order chi connectivity index (χ1) is 12.9. The molecule has 2 aliphatic rings. The highest BCUT2D eigenvalue weighted by Crippen LogP contribution is 2.60. The van der Waals surface area contributed by atoms with Crippen molar-refractivity contribution in [3.05, 3.63) is 69.1 Å². The van der Waals surface area contributed by atoms with E-state index in [-0.39, 0.29) is 29.3 Å². The van der Waals surface area contributed by atoms with Gasteiger partial charge in [-0.1, -0.05) is 68.5 Å². The molecule has 0 radical (unpaired) electrons. The number of rotatable bonds is 4. The van der Waals surface area contributed by atoms with E-state index in [1.807, 2.05) is 6.07 Å². The van der Waals surface area contributed by atoms with E-state index in [1.165, 1.54) is 22.3 Å². The van der Waals surface area contributed by atoms with Gasteiger partial charge < -0.3 is 4.74 Å². The molecule has 0 spiro atoms. The highest BCUT2D eigenvalue weighted by atomic mass is 79.9. The third-order valence-electron chi connectivity index (χ3n) is 5.99. The maximum atomic E-state index is 12.8. The predicted octanol–water partition coefficient (Wildman–Crippen LogP) is 6.27. The van der Waals surface area contributed by atoms with Crippen LogP contribution in [-0.4, -0.2) is 12.1 Å². The van der Waals surface area contributed by atoms with Crippen LogP contribution in [-0.2, 0) is 22.4 Å². The topological polar surface area (TPSA) is 26.3 Å². The van der Waals surface area contributed by atoms with Gasteiger partial charge in [0, 0.05) is 12.8 Å². The van der Waals surface area contributed by atoms with Crippen LogP contribution in [0.3, 0.4) is 0 Å². The van der Waals surface area contributed by atoms with Crippen LogP contribution < -0.4 is 0 Å². The smallest absolute Gasteiger partial charge is 0.310 e. The lowest BCUT2D eigenvalue weighted by atomic mass is 9.97. The van der Waals surface area contributed by atoms with Crippen molar-refractivity contribution >= 4 is 37.8 Å². The highest BCUT2D eigenvalue weighted by molar-refractivity contribution is 9.28. The SMILES string of the molecule is CC1(C)[C@H](C=C(Br)Br)[C@@H]1C(=O)OC1Cc2cccc(-c3ccccc3)c2C1. The first-order valence-corrected chi connectivity index (χ1v) is 10.9. The molecule has 1 fully saturated rings. The molecule has 2 nitrogen and oxygen atoms in total. The van der Waals surface area contributed by atoms with Gasteiger partial charge in [0.05, 0.1) is 9.31 Å². The summed E-state index contributed by atoms with van der Waals surface area (Å²) < 4.78 is 6.85. The zero-order valence-corrected chi connectivity index (χ0v) is 18.6. The Hall–Kier alpha value is -1.39. The molecule has 140 valence electrons. The van der Waals surface area contributed by atoms with E-state index in [0.29, 0.717) is 0 Å². The number of hydrogen-bond acceptors (Lipinski definition) is 2. The van der Waals surface area contributed by atoms with E-state index in [0.717, 1.165) is 16.2 Å². The molecule has 1 saturated carbocycles. The second kappa shape index (κ2) is 7.21. The predicted molar refractivity (Wildman–Crippen MR) is 116 cm³/mol. The molecule has 0 N–H and O–H groups in total. The molecule has 2 aliphatic carbocycles. The van der Waals surface area contributed by atoms with Crippen molar-refractivity contribution in [3.8, 4) is 11.1 Å². The van der Waals surface area contributed by atoms with Crippen molar-refractivity contribution in [2.75, 3.05) is 0 Å². The van der Waals surface area contributed by atoms with Crippen LogP contribution in [0, 0.1) is 17.3 Å². The number of hydrogen-bond donors (Lipinski definition) is 0. The normalized spacial score (nSPS) is 24.8. The van der Waals surface area contributed by atoms with Crippen LogP contribution in [0.5, 0.6) is 0 Å². The number of fused-ring (bicyclic) bond motifs is 1. The summed E-state index contributed by atoms with van der Waals surface area (Å²) in [5.41, 5.74) is 5.03. The summed E-state index contributed by atoms with van der Waals surface area (Å²) in [6.45, 7) is 4.25. The van der Waals surface area contributed by atoms with Gasteiger partial charge in [-0.2, -0.15) is 0 Å².